The predicted octanol–water partition coefficient (Wildman–Crippen LogP) is 6.86. The first-order valence-corrected chi connectivity index (χ1v) is 20.5. The van der Waals surface area contributed by atoms with Crippen molar-refractivity contribution in [1.29, 1.82) is 0 Å². The number of ether oxygens (including phenoxy) is 2. The molecule has 1 unspecified atom stereocenters. The third-order valence-electron chi connectivity index (χ3n) is 10.8. The molecule has 0 radical (unpaired) electrons. The lowest BCUT2D eigenvalue weighted by Gasteiger charge is -2.46. The number of carbonyl (C=O) groups is 4. The summed E-state index contributed by atoms with van der Waals surface area (Å²) >= 11 is 11.9. The number of aryl methyl sites for hydroxylation is 1. The number of para-hydroxylation sites is 2. The number of nitrogens with zero attached hydrogens (tertiary/aromatic N) is 4. The number of rotatable bonds is 19. The molecule has 1 aromatic heterocycles. The second-order valence-electron chi connectivity index (χ2n) is 14.3. The van der Waals surface area contributed by atoms with Crippen LogP contribution in [0.4, 0.5) is 11.4 Å². The van der Waals surface area contributed by atoms with Gasteiger partial charge in [-0.1, -0.05) is 48.9 Å². The van der Waals surface area contributed by atoms with Gasteiger partial charge < -0.3 is 34.1 Å². The summed E-state index contributed by atoms with van der Waals surface area (Å²) in [6, 6.07) is 23.1. The molecule has 2 aliphatic heterocycles. The molecule has 0 spiro atoms. The van der Waals surface area contributed by atoms with Crippen molar-refractivity contribution in [2.45, 2.75) is 70.1 Å². The Bertz CT molecular complexity index is 2000. The summed E-state index contributed by atoms with van der Waals surface area (Å²) in [7, 11) is 3.36. The SMILES string of the molecule is COC(=O)[C@H](Cc1ccc(N(CCCl)CCCl)cc1)NC(=O)CCC(=O)OCCCCCCn1c2c(c3ccccc31)CCN1C(=O)c3ccccc3N(C)C21. The summed E-state index contributed by atoms with van der Waals surface area (Å²) in [4.78, 5) is 57.7. The summed E-state index contributed by atoms with van der Waals surface area (Å²) in [6.45, 7) is 3.09. The molecule has 0 saturated carbocycles. The van der Waals surface area contributed by atoms with Gasteiger partial charge in [0.2, 0.25) is 5.91 Å². The lowest BCUT2D eigenvalue weighted by Crippen LogP contribution is -2.51. The smallest absolute Gasteiger partial charge is 0.328 e. The van der Waals surface area contributed by atoms with E-state index in [0.717, 1.165) is 54.7 Å². The lowest BCUT2D eigenvalue weighted by molar-refractivity contribution is -0.146. The normalized spacial score (nSPS) is 15.1. The van der Waals surface area contributed by atoms with E-state index < -0.39 is 23.9 Å². The van der Waals surface area contributed by atoms with E-state index >= 15 is 0 Å². The monoisotopic (exact) mass is 803 g/mol. The van der Waals surface area contributed by atoms with Gasteiger partial charge in [-0.15, -0.1) is 23.2 Å². The number of alkyl halides is 2. The Hall–Kier alpha value is -4.74. The van der Waals surface area contributed by atoms with Gasteiger partial charge in [0.15, 0.2) is 0 Å². The van der Waals surface area contributed by atoms with E-state index in [1.165, 1.54) is 29.3 Å². The molecule has 11 nitrogen and oxygen atoms in total. The van der Waals surface area contributed by atoms with Crippen LogP contribution in [0.15, 0.2) is 72.8 Å². The zero-order valence-corrected chi connectivity index (χ0v) is 33.7. The van der Waals surface area contributed by atoms with E-state index in [1.807, 2.05) is 53.4 Å². The summed E-state index contributed by atoms with van der Waals surface area (Å²) in [5, 5.41) is 3.97. The predicted molar refractivity (Wildman–Crippen MR) is 221 cm³/mol. The minimum Gasteiger partial charge on any atom is -0.467 e. The number of amides is 2. The topological polar surface area (TPSA) is 113 Å². The van der Waals surface area contributed by atoms with Crippen LogP contribution in [0.5, 0.6) is 0 Å². The molecule has 2 aliphatic rings. The Labute approximate surface area is 338 Å². The number of methoxy groups -OCH3 is 1. The number of nitrogens with one attached hydrogen (secondary N) is 1. The molecule has 56 heavy (non-hydrogen) atoms. The van der Waals surface area contributed by atoms with Gasteiger partial charge in [-0.05, 0) is 67.1 Å². The first kappa shape index (κ1) is 40.9. The largest absolute Gasteiger partial charge is 0.467 e. The van der Waals surface area contributed by atoms with Crippen molar-refractivity contribution in [3.63, 3.8) is 0 Å². The molecule has 0 aliphatic carbocycles. The van der Waals surface area contributed by atoms with E-state index in [1.54, 1.807) is 0 Å². The molecule has 0 bridgehead atoms. The number of hydrogen-bond acceptors (Lipinski definition) is 8. The molecule has 4 aromatic rings. The molecule has 0 saturated heterocycles. The first-order valence-electron chi connectivity index (χ1n) is 19.5. The molecule has 298 valence electrons. The summed E-state index contributed by atoms with van der Waals surface area (Å²) in [5.41, 5.74) is 7.21. The van der Waals surface area contributed by atoms with Gasteiger partial charge in [-0.2, -0.15) is 0 Å². The van der Waals surface area contributed by atoms with Crippen molar-refractivity contribution < 1.29 is 28.7 Å². The Morgan fingerprint density at radius 2 is 1.62 bits per heavy atom. The number of fused-ring (bicyclic) bond motifs is 6. The number of halogens is 2. The standard InChI is InChI=1S/C43H51Cl2N5O6/c1-47-36-13-7-6-12-34(36)42(53)50-25-21-33-32-11-5-8-14-37(32)49(40(33)41(47)50)24-9-3-4-10-28-56-39(52)20-19-38(51)46-35(43(54)55-2)29-30-15-17-31(18-16-30)48(26-22-44)27-23-45/h5-8,11-18,35,41H,3-4,9-10,19-29H2,1-2H3,(H,46,51)/t35-,41?/m0/s1. The Morgan fingerprint density at radius 3 is 2.38 bits per heavy atom. The van der Waals surface area contributed by atoms with E-state index in [0.29, 0.717) is 37.8 Å². The molecule has 2 atom stereocenters. The van der Waals surface area contributed by atoms with E-state index in [9.17, 15) is 19.2 Å². The van der Waals surface area contributed by atoms with E-state index in [4.69, 9.17) is 32.7 Å². The van der Waals surface area contributed by atoms with Crippen LogP contribution in [0.1, 0.15) is 71.9 Å². The zero-order valence-electron chi connectivity index (χ0n) is 32.2. The Kier molecular flexibility index (Phi) is 14.2. The molecule has 3 aromatic carbocycles. The van der Waals surface area contributed by atoms with Crippen LogP contribution < -0.4 is 15.1 Å². The number of hydrogen-bond donors (Lipinski definition) is 1. The lowest BCUT2D eigenvalue weighted by atomic mass is 9.96. The molecule has 3 heterocycles. The van der Waals surface area contributed by atoms with Crippen LogP contribution in [-0.4, -0.2) is 91.4 Å². The zero-order chi connectivity index (χ0) is 39.6. The number of unbranched alkanes of at least 4 members (excludes halogenated alkanes) is 3. The third kappa shape index (κ3) is 9.27. The van der Waals surface area contributed by atoms with Crippen molar-refractivity contribution in [2.75, 3.05) is 62.0 Å². The van der Waals surface area contributed by atoms with Crippen LogP contribution in [0.3, 0.4) is 0 Å². The summed E-state index contributed by atoms with van der Waals surface area (Å²) < 4.78 is 12.8. The quantitative estimate of drug-likeness (QED) is 0.0622. The van der Waals surface area contributed by atoms with Crippen molar-refractivity contribution in [3.8, 4) is 0 Å². The second-order valence-corrected chi connectivity index (χ2v) is 15.1. The number of aromatic nitrogens is 1. The number of benzene rings is 3. The van der Waals surface area contributed by atoms with Crippen LogP contribution in [0.2, 0.25) is 0 Å². The van der Waals surface area contributed by atoms with Gasteiger partial charge >= 0.3 is 11.9 Å². The molecule has 6 rings (SSSR count). The Balaban J connectivity index is 0.945. The number of anilines is 2. The number of carbonyl (C=O) groups excluding carboxylic acids is 4. The van der Waals surface area contributed by atoms with Crippen molar-refractivity contribution in [2.24, 2.45) is 0 Å². The Morgan fingerprint density at radius 1 is 0.911 bits per heavy atom. The first-order chi connectivity index (χ1) is 27.2. The van der Waals surface area contributed by atoms with Crippen LogP contribution >= 0.6 is 23.2 Å². The minimum absolute atomic E-state index is 0.0821. The maximum Gasteiger partial charge on any atom is 0.328 e. The van der Waals surface area contributed by atoms with E-state index in [2.05, 4.69) is 51.0 Å². The summed E-state index contributed by atoms with van der Waals surface area (Å²) in [5.74, 6) is -0.425. The van der Waals surface area contributed by atoms with Gasteiger partial charge in [0.1, 0.15) is 12.2 Å². The average molecular weight is 805 g/mol. The minimum atomic E-state index is -0.895. The maximum absolute atomic E-state index is 13.6. The average Bonchev–Trinajstić information content (AvgIpc) is 3.54. The van der Waals surface area contributed by atoms with Crippen molar-refractivity contribution in [3.05, 3.63) is 95.2 Å². The fraction of sp³-hybridized carbons (Fsp3) is 0.442. The third-order valence-corrected chi connectivity index (χ3v) is 11.1. The highest BCUT2D eigenvalue weighted by molar-refractivity contribution is 6.18. The molecule has 2 amide bonds. The van der Waals surface area contributed by atoms with Gasteiger partial charge in [0.05, 0.1) is 37.1 Å². The second kappa shape index (κ2) is 19.4. The fourth-order valence-corrected chi connectivity index (χ4v) is 8.41. The van der Waals surface area contributed by atoms with Crippen LogP contribution in [0.25, 0.3) is 10.9 Å². The highest BCUT2D eigenvalue weighted by atomic mass is 35.5. The summed E-state index contributed by atoms with van der Waals surface area (Å²) in [6.07, 6.45) is 4.19. The molecule has 0 fully saturated rings. The highest BCUT2D eigenvalue weighted by Gasteiger charge is 2.42. The molecule has 1 N–H and O–H groups in total. The fourth-order valence-electron chi connectivity index (χ4n) is 8.00. The molecule has 13 heteroatoms. The van der Waals surface area contributed by atoms with E-state index in [-0.39, 0.29) is 37.9 Å². The van der Waals surface area contributed by atoms with Crippen LogP contribution in [0, 0.1) is 0 Å². The van der Waals surface area contributed by atoms with Gasteiger partial charge in [0, 0.05) is 74.4 Å². The number of esters is 2. The van der Waals surface area contributed by atoms with Crippen molar-refractivity contribution in [1.82, 2.24) is 14.8 Å². The van der Waals surface area contributed by atoms with Crippen LogP contribution in [-0.2, 0) is 43.2 Å². The van der Waals surface area contributed by atoms with Gasteiger partial charge in [-0.25, -0.2) is 4.79 Å². The van der Waals surface area contributed by atoms with Gasteiger partial charge in [0.25, 0.3) is 5.91 Å². The highest BCUT2D eigenvalue weighted by Crippen LogP contribution is 2.44. The van der Waals surface area contributed by atoms with Gasteiger partial charge in [-0.3, -0.25) is 14.4 Å². The molecular formula is C43H51Cl2N5O6. The maximum atomic E-state index is 13.6. The van der Waals surface area contributed by atoms with Crippen molar-refractivity contribution >= 4 is 69.2 Å². The molecular weight excluding hydrogens is 753 g/mol.